The van der Waals surface area contributed by atoms with Gasteiger partial charge in [0, 0.05) is 0 Å². The quantitative estimate of drug-likeness (QED) is 0.140. The maximum absolute atomic E-state index is 11.7. The van der Waals surface area contributed by atoms with Gasteiger partial charge in [-0.1, -0.05) is 105 Å². The summed E-state index contributed by atoms with van der Waals surface area (Å²) >= 11 is 0. The second-order valence-electron chi connectivity index (χ2n) is 9.55. The summed E-state index contributed by atoms with van der Waals surface area (Å²) in [7, 11) is 0. The second kappa shape index (κ2) is 21.2. The van der Waals surface area contributed by atoms with Gasteiger partial charge in [0.1, 0.15) is 0 Å². The largest absolute Gasteiger partial charge is 0.466 e. The molecule has 0 spiro atoms. The van der Waals surface area contributed by atoms with Crippen LogP contribution in [0.2, 0.25) is 0 Å². The topological polar surface area (TPSA) is 52.6 Å². The summed E-state index contributed by atoms with van der Waals surface area (Å²) in [5.74, 6) is 1.03. The molecule has 0 N–H and O–H groups in total. The molecule has 178 valence electrons. The number of ether oxygens (including phenoxy) is 2. The molecule has 0 saturated heterocycles. The van der Waals surface area contributed by atoms with E-state index in [2.05, 4.69) is 27.7 Å². The number of hydrogen-bond acceptors (Lipinski definition) is 4. The lowest BCUT2D eigenvalue weighted by Crippen LogP contribution is -2.11. The number of esters is 2. The fourth-order valence-electron chi connectivity index (χ4n) is 3.44. The molecule has 0 aromatic carbocycles. The second-order valence-corrected chi connectivity index (χ2v) is 9.55. The number of unbranched alkanes of at least 4 members (excludes halogenated alkanes) is 10. The van der Waals surface area contributed by atoms with Crippen molar-refractivity contribution in [1.82, 2.24) is 0 Å². The van der Waals surface area contributed by atoms with Crippen LogP contribution in [0.25, 0.3) is 0 Å². The van der Waals surface area contributed by atoms with Gasteiger partial charge < -0.3 is 9.47 Å². The average molecular weight is 427 g/mol. The molecule has 0 amide bonds. The Morgan fingerprint density at radius 1 is 0.500 bits per heavy atom. The Bertz CT molecular complexity index is 366. The van der Waals surface area contributed by atoms with Crippen molar-refractivity contribution >= 4 is 11.9 Å². The molecular weight excluding hydrogens is 376 g/mol. The van der Waals surface area contributed by atoms with Crippen LogP contribution in [-0.4, -0.2) is 25.2 Å². The van der Waals surface area contributed by atoms with E-state index in [0.717, 1.165) is 37.5 Å². The Kier molecular flexibility index (Phi) is 20.4. The van der Waals surface area contributed by atoms with Crippen molar-refractivity contribution in [2.24, 2.45) is 11.8 Å². The molecule has 0 heterocycles. The molecule has 0 aliphatic rings. The van der Waals surface area contributed by atoms with Crippen LogP contribution >= 0.6 is 0 Å². The van der Waals surface area contributed by atoms with Crippen molar-refractivity contribution in [1.29, 1.82) is 0 Å². The first-order valence-electron chi connectivity index (χ1n) is 12.7. The van der Waals surface area contributed by atoms with Crippen molar-refractivity contribution in [2.75, 3.05) is 13.2 Å². The third-order valence-corrected chi connectivity index (χ3v) is 5.41. The molecule has 30 heavy (non-hydrogen) atoms. The summed E-state index contributed by atoms with van der Waals surface area (Å²) in [6, 6.07) is 0. The Morgan fingerprint density at radius 3 is 1.13 bits per heavy atom. The standard InChI is InChI=1S/C26H50O4/c1-23(2)17-13-9-5-7-11-15-21-29-25(27)19-20-26(28)30-22-16-12-8-6-10-14-18-24(3)4/h23-24H,5-22H2,1-4H3. The Morgan fingerprint density at radius 2 is 0.800 bits per heavy atom. The summed E-state index contributed by atoms with van der Waals surface area (Å²) in [6.07, 6.45) is 17.1. The molecule has 0 bridgehead atoms. The number of carbonyl (C=O) groups excluding carboxylic acids is 2. The van der Waals surface area contributed by atoms with Crippen molar-refractivity contribution in [3.05, 3.63) is 0 Å². The van der Waals surface area contributed by atoms with Gasteiger partial charge in [0.25, 0.3) is 0 Å². The summed E-state index contributed by atoms with van der Waals surface area (Å²) < 4.78 is 10.4. The fraction of sp³-hybridized carbons (Fsp3) is 0.923. The summed E-state index contributed by atoms with van der Waals surface area (Å²) in [5.41, 5.74) is 0. The van der Waals surface area contributed by atoms with E-state index in [0.29, 0.717) is 13.2 Å². The van der Waals surface area contributed by atoms with E-state index in [4.69, 9.17) is 9.47 Å². The first kappa shape index (κ1) is 28.9. The van der Waals surface area contributed by atoms with Crippen molar-refractivity contribution in [2.45, 2.75) is 130 Å². The molecule has 0 rings (SSSR count). The van der Waals surface area contributed by atoms with Crippen LogP contribution in [0.5, 0.6) is 0 Å². The zero-order valence-corrected chi connectivity index (χ0v) is 20.5. The molecule has 4 heteroatoms. The summed E-state index contributed by atoms with van der Waals surface area (Å²) in [6.45, 7) is 10.0. The third kappa shape index (κ3) is 23.2. The smallest absolute Gasteiger partial charge is 0.306 e. The van der Waals surface area contributed by atoms with E-state index in [1.165, 1.54) is 64.2 Å². The molecule has 0 atom stereocenters. The lowest BCUT2D eigenvalue weighted by Gasteiger charge is -2.07. The normalized spacial score (nSPS) is 11.3. The van der Waals surface area contributed by atoms with Crippen LogP contribution in [-0.2, 0) is 19.1 Å². The van der Waals surface area contributed by atoms with E-state index in [-0.39, 0.29) is 24.8 Å². The Hall–Kier alpha value is -1.06. The van der Waals surface area contributed by atoms with Crippen molar-refractivity contribution < 1.29 is 19.1 Å². The highest BCUT2D eigenvalue weighted by Gasteiger charge is 2.09. The van der Waals surface area contributed by atoms with Gasteiger partial charge in [0.05, 0.1) is 26.1 Å². The highest BCUT2D eigenvalue weighted by molar-refractivity contribution is 5.77. The van der Waals surface area contributed by atoms with E-state index in [1.807, 2.05) is 0 Å². The molecule has 0 radical (unpaired) electrons. The van der Waals surface area contributed by atoms with Gasteiger partial charge in [0.2, 0.25) is 0 Å². The van der Waals surface area contributed by atoms with Gasteiger partial charge >= 0.3 is 11.9 Å². The first-order valence-corrected chi connectivity index (χ1v) is 12.7. The number of carbonyl (C=O) groups is 2. The monoisotopic (exact) mass is 426 g/mol. The molecule has 0 aromatic heterocycles. The zero-order chi connectivity index (χ0) is 22.5. The number of hydrogen-bond donors (Lipinski definition) is 0. The van der Waals surface area contributed by atoms with Gasteiger partial charge in [-0.2, -0.15) is 0 Å². The van der Waals surface area contributed by atoms with Gasteiger partial charge in [-0.05, 0) is 24.7 Å². The van der Waals surface area contributed by atoms with Crippen LogP contribution in [0.1, 0.15) is 130 Å². The maximum atomic E-state index is 11.7. The predicted molar refractivity (Wildman–Crippen MR) is 125 cm³/mol. The van der Waals surface area contributed by atoms with Gasteiger partial charge in [0.15, 0.2) is 0 Å². The third-order valence-electron chi connectivity index (χ3n) is 5.41. The Balaban J connectivity index is 3.34. The predicted octanol–water partition coefficient (Wildman–Crippen LogP) is 7.63. The van der Waals surface area contributed by atoms with Crippen molar-refractivity contribution in [3.8, 4) is 0 Å². The SMILES string of the molecule is CC(C)CCCCCCCCOC(=O)CCC(=O)OCCCCCCCCC(C)C. The van der Waals surface area contributed by atoms with Gasteiger partial charge in [-0.25, -0.2) is 0 Å². The maximum Gasteiger partial charge on any atom is 0.306 e. The molecule has 4 nitrogen and oxygen atoms in total. The van der Waals surface area contributed by atoms with Crippen molar-refractivity contribution in [3.63, 3.8) is 0 Å². The van der Waals surface area contributed by atoms with E-state index >= 15 is 0 Å². The minimum Gasteiger partial charge on any atom is -0.466 e. The van der Waals surface area contributed by atoms with E-state index in [1.54, 1.807) is 0 Å². The van der Waals surface area contributed by atoms with E-state index in [9.17, 15) is 9.59 Å². The molecule has 0 saturated carbocycles. The highest BCUT2D eigenvalue weighted by atomic mass is 16.5. The first-order chi connectivity index (χ1) is 14.4. The molecule has 0 aliphatic heterocycles. The zero-order valence-electron chi connectivity index (χ0n) is 20.5. The summed E-state index contributed by atoms with van der Waals surface area (Å²) in [4.78, 5) is 23.4. The van der Waals surface area contributed by atoms with Crippen LogP contribution in [0.3, 0.4) is 0 Å². The Labute approximate surface area is 186 Å². The van der Waals surface area contributed by atoms with Gasteiger partial charge in [-0.15, -0.1) is 0 Å². The van der Waals surface area contributed by atoms with Crippen LogP contribution in [0.15, 0.2) is 0 Å². The molecular formula is C26H50O4. The van der Waals surface area contributed by atoms with E-state index < -0.39 is 0 Å². The van der Waals surface area contributed by atoms with Gasteiger partial charge in [-0.3, -0.25) is 9.59 Å². The lowest BCUT2D eigenvalue weighted by molar-refractivity contribution is -0.150. The molecule has 0 unspecified atom stereocenters. The highest BCUT2D eigenvalue weighted by Crippen LogP contribution is 2.12. The lowest BCUT2D eigenvalue weighted by atomic mass is 10.0. The molecule has 0 aromatic rings. The average Bonchev–Trinajstić information content (AvgIpc) is 2.69. The molecule has 0 aliphatic carbocycles. The fourth-order valence-corrected chi connectivity index (χ4v) is 3.44. The minimum absolute atomic E-state index is 0.129. The minimum atomic E-state index is -0.287. The van der Waals surface area contributed by atoms with Crippen LogP contribution < -0.4 is 0 Å². The summed E-state index contributed by atoms with van der Waals surface area (Å²) in [5, 5.41) is 0. The van der Waals surface area contributed by atoms with Crippen LogP contribution in [0, 0.1) is 11.8 Å². The molecule has 0 fully saturated rings. The number of rotatable bonds is 21. The van der Waals surface area contributed by atoms with Crippen LogP contribution in [0.4, 0.5) is 0 Å².